The second-order valence-corrected chi connectivity index (χ2v) is 5.14. The van der Waals surface area contributed by atoms with Crippen LogP contribution in [0, 0.1) is 0 Å². The lowest BCUT2D eigenvalue weighted by atomic mass is 10.1. The van der Waals surface area contributed by atoms with Crippen LogP contribution in [0.2, 0.25) is 0 Å². The topological polar surface area (TPSA) is 47.3 Å². The first-order valence-electron chi connectivity index (χ1n) is 4.96. The second kappa shape index (κ2) is 6.60. The molecule has 0 spiro atoms. The fourth-order valence-electron chi connectivity index (χ4n) is 1.58. The van der Waals surface area contributed by atoms with E-state index in [-0.39, 0.29) is 12.1 Å². The lowest BCUT2D eigenvalue weighted by Crippen LogP contribution is -2.37. The Morgan fingerprint density at radius 1 is 1.67 bits per heavy atom. The quantitative estimate of drug-likeness (QED) is 0.626. The highest BCUT2D eigenvalue weighted by Crippen LogP contribution is 2.32. The zero-order chi connectivity index (χ0) is 11.3. The first kappa shape index (κ1) is 13.1. The van der Waals surface area contributed by atoms with E-state index in [2.05, 4.69) is 28.3 Å². The van der Waals surface area contributed by atoms with Crippen molar-refractivity contribution in [3.63, 3.8) is 0 Å². The smallest absolute Gasteiger partial charge is 0.0825 e. The Bertz CT molecular complexity index is 293. The number of hydrogen-bond donors (Lipinski definition) is 2. The molecule has 1 aromatic rings. The molecule has 0 amide bonds. The molecule has 3 nitrogen and oxygen atoms in total. The van der Waals surface area contributed by atoms with E-state index in [0.29, 0.717) is 0 Å². The van der Waals surface area contributed by atoms with Gasteiger partial charge in [0.2, 0.25) is 0 Å². The number of hydrazine groups is 1. The molecule has 5 heteroatoms. The average Bonchev–Trinajstić information content (AvgIpc) is 2.65. The molecule has 15 heavy (non-hydrogen) atoms. The first-order chi connectivity index (χ1) is 7.24. The van der Waals surface area contributed by atoms with Crippen LogP contribution >= 0.6 is 27.3 Å². The van der Waals surface area contributed by atoms with Gasteiger partial charge in [-0.05, 0) is 33.8 Å². The zero-order valence-electron chi connectivity index (χ0n) is 9.00. The summed E-state index contributed by atoms with van der Waals surface area (Å²) in [7, 11) is 1.73. The molecule has 1 aromatic heterocycles. The average molecular weight is 293 g/mol. The van der Waals surface area contributed by atoms with Gasteiger partial charge in [0.25, 0.3) is 0 Å². The summed E-state index contributed by atoms with van der Waals surface area (Å²) in [5.74, 6) is 5.60. The minimum atomic E-state index is 0.0596. The normalized spacial score (nSPS) is 15.2. The van der Waals surface area contributed by atoms with Crippen molar-refractivity contribution in [2.45, 2.75) is 31.9 Å². The van der Waals surface area contributed by atoms with Gasteiger partial charge >= 0.3 is 0 Å². The lowest BCUT2D eigenvalue weighted by molar-refractivity contribution is 0.0615. The van der Waals surface area contributed by atoms with Crippen molar-refractivity contribution in [2.75, 3.05) is 7.11 Å². The van der Waals surface area contributed by atoms with Crippen molar-refractivity contribution in [2.24, 2.45) is 5.84 Å². The summed E-state index contributed by atoms with van der Waals surface area (Å²) in [6.07, 6.45) is 2.20. The molecule has 3 N–H and O–H groups in total. The molecule has 86 valence electrons. The van der Waals surface area contributed by atoms with Gasteiger partial charge in [0.1, 0.15) is 0 Å². The molecule has 1 heterocycles. The number of thiophene rings is 1. The Kier molecular flexibility index (Phi) is 5.78. The Morgan fingerprint density at radius 3 is 2.80 bits per heavy atom. The van der Waals surface area contributed by atoms with Gasteiger partial charge in [0.15, 0.2) is 0 Å². The summed E-state index contributed by atoms with van der Waals surface area (Å²) in [4.78, 5) is 1.19. The molecular weight excluding hydrogens is 276 g/mol. The Balaban J connectivity index is 2.82. The molecule has 0 radical (unpaired) electrons. The number of ether oxygens (including phenoxy) is 1. The van der Waals surface area contributed by atoms with Crippen LogP contribution in [0.3, 0.4) is 0 Å². The number of rotatable bonds is 6. The van der Waals surface area contributed by atoms with Crippen LogP contribution in [0.5, 0.6) is 0 Å². The van der Waals surface area contributed by atoms with E-state index in [1.165, 1.54) is 4.88 Å². The Labute approximate surface area is 103 Å². The molecule has 0 saturated carbocycles. The SMILES string of the molecule is CCCC(OC)C(NN)c1sccc1Br. The molecule has 0 fully saturated rings. The molecule has 0 aliphatic carbocycles. The van der Waals surface area contributed by atoms with Crippen LogP contribution < -0.4 is 11.3 Å². The number of nitrogens with one attached hydrogen (secondary N) is 1. The minimum absolute atomic E-state index is 0.0596. The molecule has 0 saturated heterocycles. The number of nitrogens with two attached hydrogens (primary N) is 1. The molecular formula is C10H17BrN2OS. The molecule has 0 aliphatic rings. The van der Waals surface area contributed by atoms with E-state index >= 15 is 0 Å². The summed E-state index contributed by atoms with van der Waals surface area (Å²) >= 11 is 5.20. The largest absolute Gasteiger partial charge is 0.379 e. The van der Waals surface area contributed by atoms with E-state index in [1.807, 2.05) is 11.4 Å². The summed E-state index contributed by atoms with van der Waals surface area (Å²) in [6, 6.07) is 2.09. The highest BCUT2D eigenvalue weighted by atomic mass is 79.9. The van der Waals surface area contributed by atoms with Crippen molar-refractivity contribution in [1.82, 2.24) is 5.43 Å². The van der Waals surface area contributed by atoms with E-state index < -0.39 is 0 Å². The third-order valence-corrected chi connectivity index (χ3v) is 4.31. The van der Waals surface area contributed by atoms with Gasteiger partial charge in [-0.25, -0.2) is 5.43 Å². The predicted octanol–water partition coefficient (Wildman–Crippen LogP) is 2.83. The van der Waals surface area contributed by atoms with Crippen LogP contribution in [0.1, 0.15) is 30.7 Å². The summed E-state index contributed by atoms with van der Waals surface area (Å²) in [5, 5.41) is 2.04. The van der Waals surface area contributed by atoms with Gasteiger partial charge in [-0.15, -0.1) is 11.3 Å². The zero-order valence-corrected chi connectivity index (χ0v) is 11.4. The van der Waals surface area contributed by atoms with Crippen molar-refractivity contribution >= 4 is 27.3 Å². The molecule has 0 bridgehead atoms. The third-order valence-electron chi connectivity index (χ3n) is 2.35. The molecule has 0 aromatic carbocycles. The van der Waals surface area contributed by atoms with Crippen LogP contribution in [-0.4, -0.2) is 13.2 Å². The monoisotopic (exact) mass is 292 g/mol. The second-order valence-electron chi connectivity index (χ2n) is 3.34. The molecule has 0 aliphatic heterocycles. The van der Waals surface area contributed by atoms with Gasteiger partial charge < -0.3 is 4.74 Å². The van der Waals surface area contributed by atoms with Crippen LogP contribution in [0.25, 0.3) is 0 Å². The van der Waals surface area contributed by atoms with Gasteiger partial charge in [-0.3, -0.25) is 5.84 Å². The summed E-state index contributed by atoms with van der Waals surface area (Å²) in [6.45, 7) is 2.14. The van der Waals surface area contributed by atoms with E-state index in [0.717, 1.165) is 17.3 Å². The highest BCUT2D eigenvalue weighted by Gasteiger charge is 2.24. The van der Waals surface area contributed by atoms with E-state index in [9.17, 15) is 0 Å². The maximum Gasteiger partial charge on any atom is 0.0825 e. The third kappa shape index (κ3) is 3.26. The van der Waals surface area contributed by atoms with Crippen molar-refractivity contribution in [3.05, 3.63) is 20.8 Å². The number of methoxy groups -OCH3 is 1. The standard InChI is InChI=1S/C10H17BrN2OS/c1-3-4-8(14-2)9(13-12)10-7(11)5-6-15-10/h5-6,8-9,13H,3-4,12H2,1-2H3. The Morgan fingerprint density at radius 2 is 2.40 bits per heavy atom. The molecule has 2 atom stereocenters. The minimum Gasteiger partial charge on any atom is -0.379 e. The van der Waals surface area contributed by atoms with E-state index in [1.54, 1.807) is 18.4 Å². The Hall–Kier alpha value is 0.0600. The van der Waals surface area contributed by atoms with Crippen LogP contribution in [0.15, 0.2) is 15.9 Å². The number of halogens is 1. The van der Waals surface area contributed by atoms with Crippen molar-refractivity contribution in [3.8, 4) is 0 Å². The maximum atomic E-state index is 5.60. The van der Waals surface area contributed by atoms with Gasteiger partial charge in [0, 0.05) is 16.5 Å². The van der Waals surface area contributed by atoms with Gasteiger partial charge in [0.05, 0.1) is 12.1 Å². The lowest BCUT2D eigenvalue weighted by Gasteiger charge is -2.24. The van der Waals surface area contributed by atoms with Gasteiger partial charge in [-0.1, -0.05) is 13.3 Å². The van der Waals surface area contributed by atoms with Crippen molar-refractivity contribution < 1.29 is 4.74 Å². The summed E-state index contributed by atoms with van der Waals surface area (Å²) < 4.78 is 6.56. The molecule has 2 unspecified atom stereocenters. The predicted molar refractivity (Wildman–Crippen MR) is 67.8 cm³/mol. The number of hydrogen-bond acceptors (Lipinski definition) is 4. The van der Waals surface area contributed by atoms with E-state index in [4.69, 9.17) is 10.6 Å². The van der Waals surface area contributed by atoms with Crippen molar-refractivity contribution in [1.29, 1.82) is 0 Å². The highest BCUT2D eigenvalue weighted by molar-refractivity contribution is 9.10. The molecule has 1 rings (SSSR count). The maximum absolute atomic E-state index is 5.60. The fraction of sp³-hybridized carbons (Fsp3) is 0.600. The first-order valence-corrected chi connectivity index (χ1v) is 6.63. The van der Waals surface area contributed by atoms with Gasteiger partial charge in [-0.2, -0.15) is 0 Å². The fourth-order valence-corrected chi connectivity index (χ4v) is 3.32. The van der Waals surface area contributed by atoms with Crippen LogP contribution in [0.4, 0.5) is 0 Å². The summed E-state index contributed by atoms with van der Waals surface area (Å²) in [5.41, 5.74) is 2.84. The van der Waals surface area contributed by atoms with Crippen LogP contribution in [-0.2, 0) is 4.74 Å².